The summed E-state index contributed by atoms with van der Waals surface area (Å²) in [6.07, 6.45) is 0. The molecular weight excluding hydrogens is 682 g/mol. The maximum absolute atomic E-state index is 12.9. The van der Waals surface area contributed by atoms with Gasteiger partial charge in [-0.25, -0.2) is 9.78 Å². The molecular formula is C28H18I2N2O4. The maximum Gasteiger partial charge on any atom is 0.343 e. The third-order valence-electron chi connectivity index (χ3n) is 5.36. The molecule has 6 nitrogen and oxygen atoms in total. The molecule has 178 valence electrons. The molecule has 0 saturated heterocycles. The van der Waals surface area contributed by atoms with Gasteiger partial charge in [-0.3, -0.25) is 4.79 Å². The van der Waals surface area contributed by atoms with Crippen LogP contribution in [0.3, 0.4) is 0 Å². The van der Waals surface area contributed by atoms with Crippen molar-refractivity contribution >= 4 is 73.8 Å². The summed E-state index contributed by atoms with van der Waals surface area (Å²) in [4.78, 5) is 30.3. The third-order valence-corrected chi connectivity index (χ3v) is 6.70. The van der Waals surface area contributed by atoms with Crippen LogP contribution in [0.5, 0.6) is 5.75 Å². The van der Waals surface area contributed by atoms with Crippen molar-refractivity contribution in [2.75, 3.05) is 5.32 Å². The summed E-state index contributed by atoms with van der Waals surface area (Å²) in [5, 5.41) is 2.90. The fourth-order valence-electron chi connectivity index (χ4n) is 3.62. The number of nitrogens with one attached hydrogen (secondary N) is 1. The number of nitrogens with zero attached hydrogens (tertiary/aromatic N) is 1. The average molecular weight is 700 g/mol. The predicted octanol–water partition coefficient (Wildman–Crippen LogP) is 7.48. The van der Waals surface area contributed by atoms with Crippen LogP contribution in [0.25, 0.3) is 22.6 Å². The van der Waals surface area contributed by atoms with E-state index in [1.165, 1.54) is 0 Å². The molecule has 0 saturated carbocycles. The van der Waals surface area contributed by atoms with Gasteiger partial charge >= 0.3 is 5.97 Å². The van der Waals surface area contributed by atoms with Gasteiger partial charge in [0.25, 0.3) is 5.91 Å². The zero-order chi connectivity index (χ0) is 25.2. The van der Waals surface area contributed by atoms with Gasteiger partial charge < -0.3 is 14.5 Å². The number of hydrogen-bond donors (Lipinski definition) is 1. The van der Waals surface area contributed by atoms with Crippen molar-refractivity contribution in [3.05, 3.63) is 109 Å². The van der Waals surface area contributed by atoms with E-state index in [1.54, 1.807) is 48.5 Å². The van der Waals surface area contributed by atoms with E-state index in [0.29, 0.717) is 33.5 Å². The Balaban J connectivity index is 1.53. The number of fused-ring (bicyclic) bond motifs is 1. The lowest BCUT2D eigenvalue weighted by Gasteiger charge is -2.11. The molecule has 0 spiro atoms. The van der Waals surface area contributed by atoms with E-state index in [-0.39, 0.29) is 17.5 Å². The van der Waals surface area contributed by atoms with Gasteiger partial charge in [0.1, 0.15) is 11.3 Å². The smallest absolute Gasteiger partial charge is 0.343 e. The Morgan fingerprint density at radius 1 is 0.861 bits per heavy atom. The van der Waals surface area contributed by atoms with E-state index in [9.17, 15) is 9.59 Å². The molecule has 8 heteroatoms. The number of rotatable bonds is 5. The monoisotopic (exact) mass is 700 g/mol. The largest absolute Gasteiger partial charge is 0.436 e. The van der Waals surface area contributed by atoms with Gasteiger partial charge in [0.15, 0.2) is 5.58 Å². The summed E-state index contributed by atoms with van der Waals surface area (Å²) >= 11 is 4.31. The Morgan fingerprint density at radius 2 is 1.58 bits per heavy atom. The van der Waals surface area contributed by atoms with Crippen LogP contribution < -0.4 is 10.1 Å². The molecule has 5 rings (SSSR count). The highest BCUT2D eigenvalue weighted by atomic mass is 127. The average Bonchev–Trinajstić information content (AvgIpc) is 3.28. The number of aromatic nitrogens is 1. The minimum atomic E-state index is -0.502. The fourth-order valence-corrected chi connectivity index (χ4v) is 4.71. The van der Waals surface area contributed by atoms with E-state index in [4.69, 9.17) is 9.15 Å². The van der Waals surface area contributed by atoms with Crippen LogP contribution in [0.15, 0.2) is 89.3 Å². The number of aryl methyl sites for hydroxylation is 1. The van der Waals surface area contributed by atoms with Gasteiger partial charge in [-0.15, -0.1) is 0 Å². The molecule has 5 aromatic rings. The molecule has 1 aromatic heterocycles. The SMILES string of the molecule is Cc1ccc2oc(-c3cc(NC(=O)c4cccc(I)c4)ccc3OC(=O)c3cccc(I)c3)nc2c1. The van der Waals surface area contributed by atoms with Gasteiger partial charge in [0, 0.05) is 18.4 Å². The van der Waals surface area contributed by atoms with Crippen molar-refractivity contribution in [3.63, 3.8) is 0 Å². The van der Waals surface area contributed by atoms with E-state index >= 15 is 0 Å². The Hall–Kier alpha value is -3.25. The Kier molecular flexibility index (Phi) is 7.06. The normalized spacial score (nSPS) is 10.9. The fraction of sp³-hybridized carbons (Fsp3) is 0.0357. The minimum absolute atomic E-state index is 0.253. The maximum atomic E-state index is 12.9. The molecule has 0 atom stereocenters. The lowest BCUT2D eigenvalue weighted by molar-refractivity contribution is 0.0735. The highest BCUT2D eigenvalue weighted by molar-refractivity contribution is 14.1. The Bertz CT molecular complexity index is 1630. The quantitative estimate of drug-likeness (QED) is 0.117. The van der Waals surface area contributed by atoms with Crippen molar-refractivity contribution in [1.29, 1.82) is 0 Å². The molecule has 1 heterocycles. The predicted molar refractivity (Wildman–Crippen MR) is 155 cm³/mol. The summed E-state index contributed by atoms with van der Waals surface area (Å²) in [5.41, 5.74) is 4.27. The van der Waals surface area contributed by atoms with Gasteiger partial charge in [-0.2, -0.15) is 0 Å². The molecule has 1 N–H and O–H groups in total. The number of oxazole rings is 1. The molecule has 36 heavy (non-hydrogen) atoms. The number of esters is 1. The van der Waals surface area contributed by atoms with E-state index in [2.05, 4.69) is 55.5 Å². The first-order chi connectivity index (χ1) is 17.4. The summed E-state index contributed by atoms with van der Waals surface area (Å²) in [5.74, 6) is -0.200. The van der Waals surface area contributed by atoms with E-state index in [0.717, 1.165) is 12.7 Å². The van der Waals surface area contributed by atoms with Crippen LogP contribution in [0.4, 0.5) is 5.69 Å². The van der Waals surface area contributed by atoms with Crippen molar-refractivity contribution in [3.8, 4) is 17.2 Å². The number of carbonyl (C=O) groups excluding carboxylic acids is 2. The molecule has 0 aliphatic heterocycles. The molecule has 0 aliphatic carbocycles. The van der Waals surface area contributed by atoms with Crippen LogP contribution in [0, 0.1) is 14.1 Å². The number of amides is 1. The van der Waals surface area contributed by atoms with Crippen molar-refractivity contribution in [2.24, 2.45) is 0 Å². The van der Waals surface area contributed by atoms with E-state index in [1.807, 2.05) is 43.3 Å². The lowest BCUT2D eigenvalue weighted by atomic mass is 10.1. The highest BCUT2D eigenvalue weighted by Gasteiger charge is 2.19. The van der Waals surface area contributed by atoms with Crippen LogP contribution in [0.1, 0.15) is 26.3 Å². The zero-order valence-corrected chi connectivity index (χ0v) is 23.2. The van der Waals surface area contributed by atoms with Crippen LogP contribution in [0.2, 0.25) is 0 Å². The lowest BCUT2D eigenvalue weighted by Crippen LogP contribution is -2.13. The second-order valence-corrected chi connectivity index (χ2v) is 10.6. The van der Waals surface area contributed by atoms with Gasteiger partial charge in [0.2, 0.25) is 5.89 Å². The third kappa shape index (κ3) is 5.44. The molecule has 0 aliphatic rings. The number of halogens is 2. The molecule has 0 fully saturated rings. The Morgan fingerprint density at radius 3 is 2.33 bits per heavy atom. The molecule has 1 amide bonds. The van der Waals surface area contributed by atoms with Crippen LogP contribution >= 0.6 is 45.2 Å². The standard InChI is InChI=1S/C28H18I2N2O4/c1-16-8-10-25-23(12-16)32-27(35-25)22-15-21(31-26(33)17-4-2-6-19(29)13-17)9-11-24(22)36-28(34)18-5-3-7-20(30)14-18/h2-15H,1H3,(H,31,33). The number of carbonyl (C=O) groups is 2. The summed E-state index contributed by atoms with van der Waals surface area (Å²) in [6, 6.07) is 25.2. The number of benzene rings is 4. The van der Waals surface area contributed by atoms with Gasteiger partial charge in [0.05, 0.1) is 11.1 Å². The topological polar surface area (TPSA) is 81.4 Å². The van der Waals surface area contributed by atoms with Gasteiger partial charge in [-0.05, 0) is 124 Å². The first-order valence-electron chi connectivity index (χ1n) is 10.9. The summed E-state index contributed by atoms with van der Waals surface area (Å²) < 4.78 is 13.6. The highest BCUT2D eigenvalue weighted by Crippen LogP contribution is 2.35. The van der Waals surface area contributed by atoms with Crippen molar-refractivity contribution in [1.82, 2.24) is 4.98 Å². The first kappa shape index (κ1) is 24.4. The molecule has 0 unspecified atom stereocenters. The molecule has 0 radical (unpaired) electrons. The zero-order valence-electron chi connectivity index (χ0n) is 18.9. The number of hydrogen-bond acceptors (Lipinski definition) is 5. The second kappa shape index (κ2) is 10.4. The second-order valence-electron chi connectivity index (χ2n) is 8.07. The number of anilines is 1. The van der Waals surface area contributed by atoms with Crippen molar-refractivity contribution < 1.29 is 18.7 Å². The molecule has 4 aromatic carbocycles. The number of ether oxygens (including phenoxy) is 1. The minimum Gasteiger partial charge on any atom is -0.436 e. The van der Waals surface area contributed by atoms with Gasteiger partial charge in [-0.1, -0.05) is 18.2 Å². The summed E-state index contributed by atoms with van der Waals surface area (Å²) in [7, 11) is 0. The van der Waals surface area contributed by atoms with E-state index < -0.39 is 5.97 Å². The Labute approximate surface area is 234 Å². The van der Waals surface area contributed by atoms with Crippen LogP contribution in [-0.2, 0) is 0 Å². The van der Waals surface area contributed by atoms with Crippen LogP contribution in [-0.4, -0.2) is 16.9 Å². The summed E-state index contributed by atoms with van der Waals surface area (Å²) in [6.45, 7) is 1.98. The van der Waals surface area contributed by atoms with Crippen molar-refractivity contribution in [2.45, 2.75) is 6.92 Å². The first-order valence-corrected chi connectivity index (χ1v) is 13.1. The molecule has 0 bridgehead atoms.